The Morgan fingerprint density at radius 3 is 2.54 bits per heavy atom. The molecule has 2 aromatic rings. The Hall–Kier alpha value is -2.46. The van der Waals surface area contributed by atoms with Gasteiger partial charge in [0.05, 0.1) is 17.5 Å². The molecule has 1 aromatic heterocycles. The molecule has 4 nitrogen and oxygen atoms in total. The van der Waals surface area contributed by atoms with E-state index in [1.165, 1.54) is 5.57 Å². The Labute approximate surface area is 209 Å². The largest absolute Gasteiger partial charge is 0.393 e. The summed E-state index contributed by atoms with van der Waals surface area (Å²) in [6, 6.07) is 10.2. The predicted molar refractivity (Wildman–Crippen MR) is 139 cm³/mol. The molecule has 4 aliphatic rings. The molecular formula is C31H38N2O2. The molecule has 0 radical (unpaired) electrons. The fourth-order valence-corrected chi connectivity index (χ4v) is 8.30. The lowest BCUT2D eigenvalue weighted by Gasteiger charge is -2.56. The van der Waals surface area contributed by atoms with Crippen LogP contribution in [-0.4, -0.2) is 26.8 Å². The van der Waals surface area contributed by atoms with Gasteiger partial charge in [0.1, 0.15) is 0 Å². The second-order valence-electron chi connectivity index (χ2n) is 12.1. The van der Waals surface area contributed by atoms with Crippen LogP contribution in [0.25, 0.3) is 11.8 Å². The van der Waals surface area contributed by atoms with Gasteiger partial charge >= 0.3 is 0 Å². The van der Waals surface area contributed by atoms with Crippen LogP contribution >= 0.6 is 0 Å². The van der Waals surface area contributed by atoms with Gasteiger partial charge in [0, 0.05) is 16.7 Å². The molecule has 35 heavy (non-hydrogen) atoms. The topological polar surface area (TPSA) is 55.1 Å². The molecule has 1 N–H and O–H groups in total. The normalized spacial score (nSPS) is 37.6. The van der Waals surface area contributed by atoms with Gasteiger partial charge < -0.3 is 5.11 Å². The minimum atomic E-state index is -0.250. The highest BCUT2D eigenvalue weighted by molar-refractivity contribution is 6.06. The summed E-state index contributed by atoms with van der Waals surface area (Å²) < 4.78 is 2.00. The zero-order valence-electron chi connectivity index (χ0n) is 21.6. The molecule has 3 fully saturated rings. The fraction of sp³-hybridized carbons (Fsp3) is 0.548. The minimum Gasteiger partial charge on any atom is -0.393 e. The summed E-state index contributed by atoms with van der Waals surface area (Å²) in [6.45, 7) is 8.85. The van der Waals surface area contributed by atoms with Crippen molar-refractivity contribution < 1.29 is 9.90 Å². The number of fused-ring (bicyclic) bond motifs is 5. The summed E-state index contributed by atoms with van der Waals surface area (Å²) in [5, 5.41) is 15.1. The van der Waals surface area contributed by atoms with Crippen molar-refractivity contribution in [1.29, 1.82) is 0 Å². The molecule has 0 saturated heterocycles. The smallest absolute Gasteiger partial charge is 0.165 e. The molecule has 6 atom stereocenters. The maximum Gasteiger partial charge on any atom is 0.165 e. The molecule has 0 aliphatic heterocycles. The summed E-state index contributed by atoms with van der Waals surface area (Å²) in [5.74, 6) is 1.96. The van der Waals surface area contributed by atoms with Gasteiger partial charge in [-0.15, -0.1) is 0 Å². The van der Waals surface area contributed by atoms with Crippen molar-refractivity contribution in [3.05, 3.63) is 64.5 Å². The van der Waals surface area contributed by atoms with Gasteiger partial charge in [-0.1, -0.05) is 43.7 Å². The average molecular weight is 471 g/mol. The second kappa shape index (κ2) is 8.03. The number of carbonyl (C=O) groups is 1. The summed E-state index contributed by atoms with van der Waals surface area (Å²) in [5.41, 5.74) is 6.64. The number of carbonyl (C=O) groups excluding carboxylic acids is 1. The molecule has 1 heterocycles. The van der Waals surface area contributed by atoms with E-state index in [4.69, 9.17) is 5.10 Å². The summed E-state index contributed by atoms with van der Waals surface area (Å²) >= 11 is 0. The monoisotopic (exact) mass is 470 g/mol. The second-order valence-corrected chi connectivity index (χ2v) is 12.1. The van der Waals surface area contributed by atoms with E-state index in [2.05, 4.69) is 52.0 Å². The maximum atomic E-state index is 13.9. The molecule has 4 heteroatoms. The van der Waals surface area contributed by atoms with Crippen LogP contribution in [0.2, 0.25) is 0 Å². The first kappa shape index (κ1) is 23.0. The third-order valence-corrected chi connectivity index (χ3v) is 10.4. The molecule has 4 aliphatic carbocycles. The van der Waals surface area contributed by atoms with Gasteiger partial charge in [-0.05, 0) is 106 Å². The maximum absolute atomic E-state index is 13.9. The van der Waals surface area contributed by atoms with E-state index < -0.39 is 0 Å². The summed E-state index contributed by atoms with van der Waals surface area (Å²) in [4.78, 5) is 13.9. The van der Waals surface area contributed by atoms with Crippen LogP contribution in [0, 0.1) is 42.4 Å². The third-order valence-electron chi connectivity index (χ3n) is 10.4. The Morgan fingerprint density at radius 2 is 1.77 bits per heavy atom. The number of aliphatic hydroxyl groups is 1. The van der Waals surface area contributed by atoms with Crippen LogP contribution in [0.15, 0.2) is 47.6 Å². The number of allylic oxidation sites excluding steroid dienone is 2. The van der Waals surface area contributed by atoms with Crippen molar-refractivity contribution in [3.63, 3.8) is 0 Å². The zero-order valence-corrected chi connectivity index (χ0v) is 21.6. The number of Topliss-reactive ketones (excluding diaryl/α,β-unsaturated/α-hetero) is 1. The highest BCUT2D eigenvalue weighted by Gasteiger charge is 2.59. The number of aromatic nitrogens is 2. The highest BCUT2D eigenvalue weighted by atomic mass is 16.3. The number of para-hydroxylation sites is 1. The van der Waals surface area contributed by atoms with Crippen LogP contribution < -0.4 is 0 Å². The molecule has 184 valence electrons. The van der Waals surface area contributed by atoms with Gasteiger partial charge in [0.25, 0.3) is 0 Å². The van der Waals surface area contributed by atoms with Crippen molar-refractivity contribution in [2.75, 3.05) is 0 Å². The number of nitrogens with zero attached hydrogens (tertiary/aromatic N) is 2. The number of benzene rings is 1. The first-order valence-electron chi connectivity index (χ1n) is 13.5. The van der Waals surface area contributed by atoms with Crippen molar-refractivity contribution in [2.45, 2.75) is 78.7 Å². The van der Waals surface area contributed by atoms with Gasteiger partial charge in [-0.25, -0.2) is 4.68 Å². The number of aryl methyl sites for hydroxylation is 1. The van der Waals surface area contributed by atoms with E-state index >= 15 is 0 Å². The van der Waals surface area contributed by atoms with Crippen molar-refractivity contribution in [2.24, 2.45) is 28.6 Å². The van der Waals surface area contributed by atoms with Gasteiger partial charge in [-0.2, -0.15) is 5.10 Å². The highest BCUT2D eigenvalue weighted by Crippen LogP contribution is 2.64. The first-order chi connectivity index (χ1) is 16.7. The first-order valence-corrected chi connectivity index (χ1v) is 13.5. The Kier molecular flexibility index (Phi) is 5.27. The van der Waals surface area contributed by atoms with Crippen LogP contribution in [0.5, 0.6) is 0 Å². The molecule has 3 saturated carbocycles. The van der Waals surface area contributed by atoms with E-state index in [0.717, 1.165) is 73.2 Å². The lowest BCUT2D eigenvalue weighted by atomic mass is 9.48. The average Bonchev–Trinajstić information content (AvgIpc) is 3.28. The van der Waals surface area contributed by atoms with Crippen LogP contribution in [0.1, 0.15) is 75.7 Å². The number of hydrogen-bond acceptors (Lipinski definition) is 3. The van der Waals surface area contributed by atoms with E-state index in [0.29, 0.717) is 23.5 Å². The van der Waals surface area contributed by atoms with Gasteiger partial charge in [0.2, 0.25) is 0 Å². The quantitative estimate of drug-likeness (QED) is 0.409. The SMILES string of the molecule is Cc1nn(-c2ccccc2)c(C)c1/C=C1\C[C@@H]2[C@H]3CC=C4C[C@@H](O)CC[C@]4(C)[C@@H]3CC[C@]2(C)C1=O. The van der Waals surface area contributed by atoms with E-state index in [1.807, 2.05) is 22.9 Å². The van der Waals surface area contributed by atoms with Crippen molar-refractivity contribution in [1.82, 2.24) is 9.78 Å². The number of hydrogen-bond donors (Lipinski definition) is 1. The molecule has 0 spiro atoms. The van der Waals surface area contributed by atoms with Crippen LogP contribution in [-0.2, 0) is 4.79 Å². The summed E-state index contributed by atoms with van der Waals surface area (Å²) in [6.07, 6.45) is 11.3. The molecular weight excluding hydrogens is 432 g/mol. The van der Waals surface area contributed by atoms with Crippen LogP contribution in [0.4, 0.5) is 0 Å². The summed E-state index contributed by atoms with van der Waals surface area (Å²) in [7, 11) is 0. The molecule has 0 bridgehead atoms. The number of aliphatic hydroxyl groups excluding tert-OH is 1. The lowest BCUT2D eigenvalue weighted by Crippen LogP contribution is -2.50. The van der Waals surface area contributed by atoms with E-state index in [1.54, 1.807) is 0 Å². The Balaban J connectivity index is 1.34. The molecule has 0 unspecified atom stereocenters. The van der Waals surface area contributed by atoms with Crippen LogP contribution in [0.3, 0.4) is 0 Å². The standard InChI is InChI=1S/C31H38N2O2/c1-19-26(20(2)33(32-19)23-8-6-5-7-9-23)16-21-17-28-25-11-10-22-18-24(34)12-14-30(22,3)27(25)13-15-31(28,4)29(21)35/h5-10,16,24-25,27-28,34H,11-15,17-18H2,1-4H3/b21-16+/t24-,25-,27+,28+,30-,31-/m0/s1. The predicted octanol–water partition coefficient (Wildman–Crippen LogP) is 6.38. The van der Waals surface area contributed by atoms with Gasteiger partial charge in [0.15, 0.2) is 5.78 Å². The Morgan fingerprint density at radius 1 is 1.03 bits per heavy atom. The van der Waals surface area contributed by atoms with E-state index in [9.17, 15) is 9.90 Å². The van der Waals surface area contributed by atoms with Crippen molar-refractivity contribution >= 4 is 11.9 Å². The Bertz CT molecular complexity index is 1240. The van der Waals surface area contributed by atoms with E-state index in [-0.39, 0.29) is 16.9 Å². The number of rotatable bonds is 2. The minimum absolute atomic E-state index is 0.175. The zero-order chi connectivity index (χ0) is 24.5. The van der Waals surface area contributed by atoms with Crippen molar-refractivity contribution in [3.8, 4) is 5.69 Å². The number of ketones is 1. The lowest BCUT2D eigenvalue weighted by molar-refractivity contribution is -0.130. The molecule has 0 amide bonds. The third kappa shape index (κ3) is 3.36. The molecule has 1 aromatic carbocycles. The molecule has 6 rings (SSSR count). The fourth-order valence-electron chi connectivity index (χ4n) is 8.30. The van der Waals surface area contributed by atoms with Gasteiger partial charge in [-0.3, -0.25) is 4.79 Å².